The molecule has 1 fully saturated rings. The molecule has 11 heteroatoms. The van der Waals surface area contributed by atoms with Crippen LogP contribution in [0.15, 0.2) is 52.9 Å². The van der Waals surface area contributed by atoms with Crippen molar-refractivity contribution in [3.63, 3.8) is 0 Å². The minimum atomic E-state index is -4.54. The summed E-state index contributed by atoms with van der Waals surface area (Å²) in [6, 6.07) is 12.8. The van der Waals surface area contributed by atoms with Crippen molar-refractivity contribution in [1.29, 1.82) is 0 Å². The van der Waals surface area contributed by atoms with Crippen molar-refractivity contribution >= 4 is 56.0 Å². The summed E-state index contributed by atoms with van der Waals surface area (Å²) in [5.74, 6) is -0.319. The zero-order valence-corrected chi connectivity index (χ0v) is 19.5. The zero-order valence-electron chi connectivity index (χ0n) is 17.9. The Kier molecular flexibility index (Phi) is 7.13. The van der Waals surface area contributed by atoms with Crippen LogP contribution >= 0.6 is 23.7 Å². The summed E-state index contributed by atoms with van der Waals surface area (Å²) in [4.78, 5) is 21.3. The van der Waals surface area contributed by atoms with E-state index >= 15 is 0 Å². The van der Waals surface area contributed by atoms with E-state index < -0.39 is 17.6 Å². The average Bonchev–Trinajstić information content (AvgIpc) is 3.43. The molecule has 2 aromatic carbocycles. The van der Waals surface area contributed by atoms with Crippen molar-refractivity contribution in [1.82, 2.24) is 9.88 Å². The van der Waals surface area contributed by atoms with Crippen LogP contribution in [0.2, 0.25) is 0 Å². The number of halogens is 4. The van der Waals surface area contributed by atoms with Crippen LogP contribution in [0.25, 0.3) is 21.2 Å². The number of ether oxygens (including phenoxy) is 1. The number of benzene rings is 2. The standard InChI is InChI=1S/C23H20F3N3O3S.ClH/c24-23(25,26)16-5-3-7-19-20(16)27-22(33-19)29(9-8-28-10-12-31-13-11-28)21(30)18-14-15-4-1-2-6-17(15)32-18;/h1-7,14H,8-13H2;1H. The van der Waals surface area contributed by atoms with Crippen LogP contribution in [0.5, 0.6) is 0 Å². The second-order valence-corrected chi connectivity index (χ2v) is 8.71. The Bertz CT molecular complexity index is 1270. The highest BCUT2D eigenvalue weighted by atomic mass is 35.5. The number of thiazole rings is 1. The summed E-state index contributed by atoms with van der Waals surface area (Å²) in [7, 11) is 0. The fourth-order valence-corrected chi connectivity index (χ4v) is 4.87. The van der Waals surface area contributed by atoms with Gasteiger partial charge in [-0.3, -0.25) is 14.6 Å². The lowest BCUT2D eigenvalue weighted by Crippen LogP contribution is -2.43. The first-order valence-electron chi connectivity index (χ1n) is 10.5. The monoisotopic (exact) mass is 511 g/mol. The number of morpholine rings is 1. The number of carbonyl (C=O) groups is 1. The lowest BCUT2D eigenvalue weighted by molar-refractivity contribution is -0.136. The summed E-state index contributed by atoms with van der Waals surface area (Å²) in [6.45, 7) is 3.46. The van der Waals surface area contributed by atoms with Gasteiger partial charge in [0.25, 0.3) is 5.91 Å². The lowest BCUT2D eigenvalue weighted by Gasteiger charge is -2.28. The van der Waals surface area contributed by atoms with E-state index in [1.165, 1.54) is 11.0 Å². The first-order valence-corrected chi connectivity index (χ1v) is 11.3. The molecule has 0 bridgehead atoms. The van der Waals surface area contributed by atoms with Gasteiger partial charge in [0.2, 0.25) is 0 Å². The molecule has 2 aromatic heterocycles. The number of anilines is 1. The Labute approximate surface area is 203 Å². The van der Waals surface area contributed by atoms with E-state index in [9.17, 15) is 18.0 Å². The van der Waals surface area contributed by atoms with E-state index in [2.05, 4.69) is 9.88 Å². The number of alkyl halides is 3. The number of aromatic nitrogens is 1. The van der Waals surface area contributed by atoms with Gasteiger partial charge >= 0.3 is 6.18 Å². The quantitative estimate of drug-likeness (QED) is 0.356. The number of hydrogen-bond acceptors (Lipinski definition) is 6. The molecule has 0 atom stereocenters. The number of fused-ring (bicyclic) bond motifs is 2. The molecule has 0 aliphatic carbocycles. The molecule has 1 aliphatic heterocycles. The Hall–Kier alpha value is -2.66. The lowest BCUT2D eigenvalue weighted by atomic mass is 10.2. The van der Waals surface area contributed by atoms with Gasteiger partial charge in [-0.05, 0) is 24.3 Å². The normalized spacial score (nSPS) is 14.9. The molecule has 0 radical (unpaired) electrons. The van der Waals surface area contributed by atoms with Crippen molar-refractivity contribution in [3.8, 4) is 0 Å². The largest absolute Gasteiger partial charge is 0.451 e. The van der Waals surface area contributed by atoms with Gasteiger partial charge in [-0.15, -0.1) is 12.4 Å². The maximum absolute atomic E-state index is 13.5. The first-order chi connectivity index (χ1) is 15.9. The predicted molar refractivity (Wildman–Crippen MR) is 127 cm³/mol. The molecule has 3 heterocycles. The molecule has 0 unspecified atom stereocenters. The fourth-order valence-electron chi connectivity index (χ4n) is 3.85. The third-order valence-corrected chi connectivity index (χ3v) is 6.61. The fraction of sp³-hybridized carbons (Fsp3) is 0.304. The van der Waals surface area contributed by atoms with E-state index in [1.807, 2.05) is 18.2 Å². The minimum absolute atomic E-state index is 0. The van der Waals surface area contributed by atoms with Crippen molar-refractivity contribution in [2.24, 2.45) is 0 Å². The second kappa shape index (κ2) is 9.91. The highest BCUT2D eigenvalue weighted by molar-refractivity contribution is 7.22. The van der Waals surface area contributed by atoms with E-state index in [4.69, 9.17) is 9.15 Å². The van der Waals surface area contributed by atoms with Gasteiger partial charge in [-0.2, -0.15) is 13.2 Å². The topological polar surface area (TPSA) is 58.8 Å². The average molecular weight is 512 g/mol. The SMILES string of the molecule is Cl.O=C(c1cc2ccccc2o1)N(CCN1CCOCC1)c1nc2c(C(F)(F)F)cccc2s1. The van der Waals surface area contributed by atoms with Crippen LogP contribution in [0.4, 0.5) is 18.3 Å². The van der Waals surface area contributed by atoms with Crippen LogP contribution in [0.3, 0.4) is 0 Å². The maximum atomic E-state index is 13.5. The number of hydrogen-bond donors (Lipinski definition) is 0. The Balaban J connectivity index is 0.00000274. The number of amides is 1. The third-order valence-electron chi connectivity index (χ3n) is 5.57. The molecule has 5 rings (SSSR count). The maximum Gasteiger partial charge on any atom is 0.418 e. The van der Waals surface area contributed by atoms with E-state index in [-0.39, 0.29) is 35.4 Å². The van der Waals surface area contributed by atoms with Crippen molar-refractivity contribution in [3.05, 3.63) is 59.9 Å². The van der Waals surface area contributed by atoms with Crippen LogP contribution in [-0.2, 0) is 10.9 Å². The summed E-state index contributed by atoms with van der Waals surface area (Å²) in [5.41, 5.74) is -0.400. The number of nitrogens with zero attached hydrogens (tertiary/aromatic N) is 3. The summed E-state index contributed by atoms with van der Waals surface area (Å²) in [5, 5.41) is 0.984. The highest BCUT2D eigenvalue weighted by Crippen LogP contribution is 2.38. The van der Waals surface area contributed by atoms with E-state index in [1.54, 1.807) is 18.2 Å². The third kappa shape index (κ3) is 4.90. The summed E-state index contributed by atoms with van der Waals surface area (Å²) >= 11 is 1.06. The van der Waals surface area contributed by atoms with Gasteiger partial charge in [0.15, 0.2) is 10.9 Å². The van der Waals surface area contributed by atoms with Crippen LogP contribution in [0, 0.1) is 0 Å². The number of para-hydroxylation sites is 2. The molecule has 0 N–H and O–H groups in total. The molecule has 6 nitrogen and oxygen atoms in total. The van der Waals surface area contributed by atoms with Gasteiger partial charge in [0, 0.05) is 31.6 Å². The van der Waals surface area contributed by atoms with Gasteiger partial charge in [0.05, 0.1) is 29.0 Å². The molecule has 1 amide bonds. The van der Waals surface area contributed by atoms with Crippen LogP contribution < -0.4 is 4.90 Å². The molecule has 1 saturated heterocycles. The van der Waals surface area contributed by atoms with Crippen LogP contribution in [0.1, 0.15) is 16.1 Å². The number of furan rings is 1. The smallest absolute Gasteiger partial charge is 0.418 e. The molecule has 34 heavy (non-hydrogen) atoms. The van der Waals surface area contributed by atoms with E-state index in [0.29, 0.717) is 30.0 Å². The van der Waals surface area contributed by atoms with Gasteiger partial charge in [-0.1, -0.05) is 35.6 Å². The zero-order chi connectivity index (χ0) is 23.0. The molecule has 4 aromatic rings. The summed E-state index contributed by atoms with van der Waals surface area (Å²) in [6.07, 6.45) is -4.54. The van der Waals surface area contributed by atoms with Crippen LogP contribution in [-0.4, -0.2) is 55.2 Å². The molecule has 0 spiro atoms. The molecular weight excluding hydrogens is 491 g/mol. The molecule has 0 saturated carbocycles. The first kappa shape index (κ1) is 24.5. The number of carbonyl (C=O) groups excluding carboxylic acids is 1. The minimum Gasteiger partial charge on any atom is -0.451 e. The van der Waals surface area contributed by atoms with Crippen molar-refractivity contribution in [2.45, 2.75) is 6.18 Å². The second-order valence-electron chi connectivity index (χ2n) is 7.71. The predicted octanol–water partition coefficient (Wildman–Crippen LogP) is 5.46. The van der Waals surface area contributed by atoms with E-state index in [0.717, 1.165) is 35.9 Å². The van der Waals surface area contributed by atoms with Gasteiger partial charge < -0.3 is 9.15 Å². The molecule has 1 aliphatic rings. The Morgan fingerprint density at radius 3 is 2.62 bits per heavy atom. The highest BCUT2D eigenvalue weighted by Gasteiger charge is 2.34. The number of rotatable bonds is 5. The van der Waals surface area contributed by atoms with Crippen molar-refractivity contribution in [2.75, 3.05) is 44.3 Å². The van der Waals surface area contributed by atoms with Gasteiger partial charge in [-0.25, -0.2) is 4.98 Å². The molecular formula is C23H21ClF3N3O3S. The Morgan fingerprint density at radius 1 is 1.12 bits per heavy atom. The molecule has 180 valence electrons. The summed E-state index contributed by atoms with van der Waals surface area (Å²) < 4.78 is 52.0. The van der Waals surface area contributed by atoms with Gasteiger partial charge in [0.1, 0.15) is 5.58 Å². The Morgan fingerprint density at radius 2 is 1.88 bits per heavy atom. The van der Waals surface area contributed by atoms with Crippen molar-refractivity contribution < 1.29 is 27.1 Å².